The van der Waals surface area contributed by atoms with Gasteiger partial charge >= 0.3 is 0 Å². The summed E-state index contributed by atoms with van der Waals surface area (Å²) in [6.07, 6.45) is -1.52. The number of nitrogens with zero attached hydrogens (tertiary/aromatic N) is 5. The smallest absolute Gasteiger partial charge is 0.255 e. The Kier molecular flexibility index (Phi) is 4.56. The van der Waals surface area contributed by atoms with E-state index in [4.69, 9.17) is 11.3 Å². The number of nitrogens with two attached hydrogens (primary N) is 1. The standard InChI is InChI=1S/C14H14F3N9/c1-20-13-11-10(6(15)5-26(11)25-14(18)23-13)7-2-3-8(24-19)12(22-7)21-4-9(16)17/h2-3,5,9,19H,4H2,1H3,(H,21,22)(H3,18,20,23,25). The molecule has 0 fully saturated rings. The lowest BCUT2D eigenvalue weighted by molar-refractivity contribution is 0.163. The van der Waals surface area contributed by atoms with Crippen molar-refractivity contribution in [2.24, 2.45) is 5.11 Å². The van der Waals surface area contributed by atoms with Crippen LogP contribution in [0.1, 0.15) is 0 Å². The van der Waals surface area contributed by atoms with E-state index >= 15 is 0 Å². The van der Waals surface area contributed by atoms with Gasteiger partial charge in [-0.1, -0.05) is 0 Å². The highest BCUT2D eigenvalue weighted by Gasteiger charge is 2.20. The molecule has 3 aromatic heterocycles. The molecule has 3 rings (SSSR count). The fourth-order valence-corrected chi connectivity index (χ4v) is 2.47. The summed E-state index contributed by atoms with van der Waals surface area (Å²) in [5, 5.41) is 12.3. The van der Waals surface area contributed by atoms with Gasteiger partial charge < -0.3 is 16.4 Å². The Labute approximate surface area is 145 Å². The van der Waals surface area contributed by atoms with Crippen LogP contribution in [0.15, 0.2) is 23.4 Å². The van der Waals surface area contributed by atoms with Crippen LogP contribution in [0.2, 0.25) is 0 Å². The summed E-state index contributed by atoms with van der Waals surface area (Å²) in [6.45, 7) is -0.681. The molecule has 0 aliphatic heterocycles. The predicted molar refractivity (Wildman–Crippen MR) is 89.4 cm³/mol. The van der Waals surface area contributed by atoms with E-state index in [1.165, 1.54) is 16.6 Å². The van der Waals surface area contributed by atoms with Crippen LogP contribution in [0, 0.1) is 11.3 Å². The molecule has 0 saturated heterocycles. The molecule has 3 heterocycles. The zero-order chi connectivity index (χ0) is 18.8. The number of fused-ring (bicyclic) bond motifs is 1. The van der Waals surface area contributed by atoms with Gasteiger partial charge in [0, 0.05) is 7.05 Å². The van der Waals surface area contributed by atoms with Gasteiger partial charge in [-0.15, -0.1) is 5.10 Å². The van der Waals surface area contributed by atoms with Gasteiger partial charge in [0.05, 0.1) is 24.0 Å². The van der Waals surface area contributed by atoms with Crippen LogP contribution in [0.3, 0.4) is 0 Å². The quantitative estimate of drug-likeness (QED) is 0.497. The zero-order valence-electron chi connectivity index (χ0n) is 13.5. The van der Waals surface area contributed by atoms with Crippen LogP contribution in [0.25, 0.3) is 16.8 Å². The molecule has 0 radical (unpaired) electrons. The molecule has 9 nitrogen and oxygen atoms in total. The fraction of sp³-hybridized carbons (Fsp3) is 0.214. The van der Waals surface area contributed by atoms with Crippen LogP contribution in [0.4, 0.5) is 36.4 Å². The van der Waals surface area contributed by atoms with Gasteiger partial charge in [0.2, 0.25) is 5.95 Å². The molecular weight excluding hydrogens is 351 g/mol. The third kappa shape index (κ3) is 3.08. The first-order chi connectivity index (χ1) is 12.4. The van der Waals surface area contributed by atoms with Crippen LogP contribution in [-0.2, 0) is 0 Å². The molecule has 0 amide bonds. The molecule has 0 aliphatic rings. The number of alkyl halides is 2. The first kappa shape index (κ1) is 17.4. The third-order valence-corrected chi connectivity index (χ3v) is 3.51. The van der Waals surface area contributed by atoms with Crippen LogP contribution >= 0.6 is 0 Å². The minimum Gasteiger partial charge on any atom is -0.371 e. The summed E-state index contributed by atoms with van der Waals surface area (Å²) in [6, 6.07) is 2.80. The molecule has 0 spiro atoms. The van der Waals surface area contributed by atoms with Crippen LogP contribution in [-0.4, -0.2) is 39.6 Å². The summed E-state index contributed by atoms with van der Waals surface area (Å²) in [4.78, 5) is 8.15. The number of nitrogen functional groups attached to an aromatic ring is 1. The Balaban J connectivity index is 2.19. The number of anilines is 3. The highest BCUT2D eigenvalue weighted by molar-refractivity contribution is 5.88. The first-order valence-electron chi connectivity index (χ1n) is 7.37. The maximum Gasteiger partial charge on any atom is 0.255 e. The summed E-state index contributed by atoms with van der Waals surface area (Å²) in [7, 11) is 1.58. The van der Waals surface area contributed by atoms with Crippen molar-refractivity contribution in [2.45, 2.75) is 6.43 Å². The highest BCUT2D eigenvalue weighted by Crippen LogP contribution is 2.34. The van der Waals surface area contributed by atoms with E-state index < -0.39 is 18.8 Å². The van der Waals surface area contributed by atoms with Gasteiger partial charge in [0.15, 0.2) is 17.5 Å². The van der Waals surface area contributed by atoms with Gasteiger partial charge in [-0.2, -0.15) is 10.1 Å². The Morgan fingerprint density at radius 3 is 2.73 bits per heavy atom. The molecule has 12 heteroatoms. The Hall–Kier alpha value is -3.44. The lowest BCUT2D eigenvalue weighted by Crippen LogP contribution is -2.11. The molecule has 0 aliphatic carbocycles. The fourth-order valence-electron chi connectivity index (χ4n) is 2.47. The molecule has 3 aromatic rings. The second-order valence-electron chi connectivity index (χ2n) is 5.16. The molecule has 0 atom stereocenters. The van der Waals surface area contributed by atoms with Crippen molar-refractivity contribution >= 4 is 28.8 Å². The second kappa shape index (κ2) is 6.82. The maximum absolute atomic E-state index is 14.6. The van der Waals surface area contributed by atoms with Crippen molar-refractivity contribution in [3.8, 4) is 11.3 Å². The SMILES string of the molecule is CNc1nc(N)nn2cc(F)c(-c3ccc(N=N)c(NCC(F)F)n3)c12. The topological polar surface area (TPSA) is 129 Å². The monoisotopic (exact) mass is 365 g/mol. The summed E-state index contributed by atoms with van der Waals surface area (Å²) in [5.41, 5.74) is 13.2. The van der Waals surface area contributed by atoms with Gasteiger partial charge in [-0.25, -0.2) is 28.2 Å². The Morgan fingerprint density at radius 2 is 2.08 bits per heavy atom. The Bertz CT molecular complexity index is 970. The van der Waals surface area contributed by atoms with E-state index in [2.05, 4.69) is 30.8 Å². The number of hydrogen-bond donors (Lipinski definition) is 4. The van der Waals surface area contributed by atoms with Gasteiger partial charge in [0.1, 0.15) is 11.2 Å². The lowest BCUT2D eigenvalue weighted by Gasteiger charge is -2.10. The van der Waals surface area contributed by atoms with Crippen molar-refractivity contribution in [2.75, 3.05) is 30.0 Å². The molecule has 5 N–H and O–H groups in total. The average molecular weight is 365 g/mol. The number of hydrogen-bond acceptors (Lipinski definition) is 8. The van der Waals surface area contributed by atoms with Crippen LogP contribution in [0.5, 0.6) is 0 Å². The van der Waals surface area contributed by atoms with Crippen molar-refractivity contribution in [1.29, 1.82) is 5.53 Å². The van der Waals surface area contributed by atoms with Crippen molar-refractivity contribution in [3.05, 3.63) is 24.1 Å². The van der Waals surface area contributed by atoms with Gasteiger partial charge in [-0.3, -0.25) is 0 Å². The molecule has 0 unspecified atom stereocenters. The third-order valence-electron chi connectivity index (χ3n) is 3.51. The van der Waals surface area contributed by atoms with Crippen molar-refractivity contribution < 1.29 is 13.2 Å². The Morgan fingerprint density at radius 1 is 1.31 bits per heavy atom. The normalized spacial score (nSPS) is 11.1. The highest BCUT2D eigenvalue weighted by atomic mass is 19.3. The van der Waals surface area contributed by atoms with Crippen molar-refractivity contribution in [1.82, 2.24) is 19.6 Å². The zero-order valence-corrected chi connectivity index (χ0v) is 13.5. The van der Waals surface area contributed by atoms with E-state index in [9.17, 15) is 13.2 Å². The summed E-state index contributed by atoms with van der Waals surface area (Å²) in [5.74, 6) is -0.489. The van der Waals surface area contributed by atoms with Crippen molar-refractivity contribution in [3.63, 3.8) is 0 Å². The maximum atomic E-state index is 14.6. The summed E-state index contributed by atoms with van der Waals surface area (Å²) < 4.78 is 40.7. The number of aromatic nitrogens is 4. The minimum absolute atomic E-state index is 0.0488. The van der Waals surface area contributed by atoms with E-state index in [0.717, 1.165) is 6.20 Å². The lowest BCUT2D eigenvalue weighted by atomic mass is 10.1. The first-order valence-corrected chi connectivity index (χ1v) is 7.37. The summed E-state index contributed by atoms with van der Waals surface area (Å²) >= 11 is 0. The van der Waals surface area contributed by atoms with E-state index in [-0.39, 0.29) is 40.0 Å². The minimum atomic E-state index is -2.63. The molecule has 0 saturated carbocycles. The molecule has 0 bridgehead atoms. The number of nitrogens with one attached hydrogen (secondary N) is 3. The molecule has 0 aromatic carbocycles. The molecule has 136 valence electrons. The van der Waals surface area contributed by atoms with E-state index in [1.54, 1.807) is 7.05 Å². The molecular formula is C14H14F3N9. The second-order valence-corrected chi connectivity index (χ2v) is 5.16. The largest absolute Gasteiger partial charge is 0.371 e. The number of halogens is 3. The number of rotatable bonds is 6. The average Bonchev–Trinajstić information content (AvgIpc) is 2.94. The van der Waals surface area contributed by atoms with Gasteiger partial charge in [-0.05, 0) is 12.1 Å². The van der Waals surface area contributed by atoms with E-state index in [0.29, 0.717) is 0 Å². The van der Waals surface area contributed by atoms with E-state index in [1.807, 2.05) is 0 Å². The van der Waals surface area contributed by atoms with Gasteiger partial charge in [0.25, 0.3) is 6.43 Å². The van der Waals surface area contributed by atoms with Crippen LogP contribution < -0.4 is 16.4 Å². The number of pyridine rings is 1. The predicted octanol–water partition coefficient (Wildman–Crippen LogP) is 2.89. The molecule has 26 heavy (non-hydrogen) atoms.